The second-order valence-electron chi connectivity index (χ2n) is 5.52. The van der Waals surface area contributed by atoms with Gasteiger partial charge in [0.25, 0.3) is 0 Å². The van der Waals surface area contributed by atoms with Crippen LogP contribution in [0, 0.1) is 0 Å². The number of rotatable bonds is 2. The van der Waals surface area contributed by atoms with Crippen molar-refractivity contribution in [3.63, 3.8) is 0 Å². The Morgan fingerprint density at radius 3 is 2.67 bits per heavy atom. The van der Waals surface area contributed by atoms with Gasteiger partial charge in [0.15, 0.2) is 0 Å². The van der Waals surface area contributed by atoms with Gasteiger partial charge in [0, 0.05) is 19.3 Å². The molecule has 3 nitrogen and oxygen atoms in total. The number of nitrogens with zero attached hydrogens (tertiary/aromatic N) is 2. The average Bonchev–Trinajstić information content (AvgIpc) is 2.49. The number of pyridine rings is 1. The highest BCUT2D eigenvalue weighted by Gasteiger charge is 2.17. The second-order valence-corrected chi connectivity index (χ2v) is 5.52. The van der Waals surface area contributed by atoms with Gasteiger partial charge in [0.1, 0.15) is 5.82 Å². The summed E-state index contributed by atoms with van der Waals surface area (Å²) in [4.78, 5) is 7.02. The van der Waals surface area contributed by atoms with Gasteiger partial charge in [-0.2, -0.15) is 0 Å². The molecule has 3 heterocycles. The fraction of sp³-hybridized carbons (Fsp3) is 0.667. The Morgan fingerprint density at radius 2 is 1.89 bits per heavy atom. The first-order valence-corrected chi connectivity index (χ1v) is 7.35. The number of nitrogens with one attached hydrogen (secondary N) is 1. The van der Waals surface area contributed by atoms with Gasteiger partial charge >= 0.3 is 0 Å². The maximum Gasteiger partial charge on any atom is 0.128 e. The number of anilines is 1. The maximum absolute atomic E-state index is 4.57. The Bertz CT molecular complexity index is 346. The van der Waals surface area contributed by atoms with Crippen LogP contribution in [-0.4, -0.2) is 31.2 Å². The van der Waals surface area contributed by atoms with Gasteiger partial charge in [-0.3, -0.25) is 0 Å². The van der Waals surface area contributed by atoms with Crippen LogP contribution in [0.3, 0.4) is 0 Å². The molecule has 18 heavy (non-hydrogen) atoms. The van der Waals surface area contributed by atoms with E-state index in [4.69, 9.17) is 0 Å². The zero-order valence-electron chi connectivity index (χ0n) is 11.1. The van der Waals surface area contributed by atoms with Crippen LogP contribution >= 0.6 is 0 Å². The van der Waals surface area contributed by atoms with Crippen LogP contribution in [0.1, 0.15) is 43.6 Å². The van der Waals surface area contributed by atoms with Gasteiger partial charge in [-0.25, -0.2) is 4.98 Å². The normalized spacial score (nSPS) is 22.1. The Hall–Kier alpha value is -1.09. The lowest BCUT2D eigenvalue weighted by Gasteiger charge is -2.29. The molecule has 0 spiro atoms. The molecule has 1 aromatic rings. The van der Waals surface area contributed by atoms with E-state index in [1.807, 2.05) is 6.20 Å². The minimum Gasteiger partial charge on any atom is -0.357 e. The highest BCUT2D eigenvalue weighted by molar-refractivity contribution is 5.42. The van der Waals surface area contributed by atoms with Crippen molar-refractivity contribution < 1.29 is 0 Å². The number of hydrogen-bond acceptors (Lipinski definition) is 3. The number of hydrogen-bond donors (Lipinski definition) is 1. The summed E-state index contributed by atoms with van der Waals surface area (Å²) in [5.74, 6) is 1.93. The first-order chi connectivity index (χ1) is 8.93. The van der Waals surface area contributed by atoms with E-state index in [-0.39, 0.29) is 0 Å². The summed E-state index contributed by atoms with van der Waals surface area (Å²) in [7, 11) is 0. The average molecular weight is 245 g/mol. The lowest BCUT2D eigenvalue weighted by molar-refractivity contribution is 0.460. The number of piperidine rings is 2. The summed E-state index contributed by atoms with van der Waals surface area (Å²) < 4.78 is 0. The lowest BCUT2D eigenvalue weighted by Crippen LogP contribution is -2.30. The van der Waals surface area contributed by atoms with Crippen molar-refractivity contribution in [2.45, 2.75) is 38.0 Å². The predicted molar refractivity (Wildman–Crippen MR) is 75.1 cm³/mol. The molecule has 0 atom stereocenters. The van der Waals surface area contributed by atoms with Crippen LogP contribution in [0.15, 0.2) is 18.3 Å². The molecule has 0 aromatic carbocycles. The molecule has 0 amide bonds. The summed E-state index contributed by atoms with van der Waals surface area (Å²) >= 11 is 0. The van der Waals surface area contributed by atoms with Crippen molar-refractivity contribution in [3.8, 4) is 0 Å². The number of aromatic nitrogens is 1. The third-order valence-electron chi connectivity index (χ3n) is 4.26. The molecule has 1 N–H and O–H groups in total. The van der Waals surface area contributed by atoms with Crippen LogP contribution < -0.4 is 10.2 Å². The molecule has 1 aromatic heterocycles. The molecule has 2 aliphatic rings. The largest absolute Gasteiger partial charge is 0.357 e. The van der Waals surface area contributed by atoms with Gasteiger partial charge in [-0.15, -0.1) is 0 Å². The predicted octanol–water partition coefficient (Wildman–Crippen LogP) is 2.54. The van der Waals surface area contributed by atoms with Crippen molar-refractivity contribution in [2.75, 3.05) is 31.1 Å². The van der Waals surface area contributed by atoms with E-state index in [0.29, 0.717) is 0 Å². The van der Waals surface area contributed by atoms with Gasteiger partial charge in [0.05, 0.1) is 0 Å². The van der Waals surface area contributed by atoms with Crippen molar-refractivity contribution in [2.24, 2.45) is 0 Å². The van der Waals surface area contributed by atoms with Gasteiger partial charge in [0.2, 0.25) is 0 Å². The molecule has 98 valence electrons. The Labute approximate surface area is 110 Å². The van der Waals surface area contributed by atoms with Crippen LogP contribution in [0.25, 0.3) is 0 Å². The van der Waals surface area contributed by atoms with Crippen LogP contribution in [0.5, 0.6) is 0 Å². The molecule has 3 heteroatoms. The molecule has 2 aliphatic heterocycles. The van der Waals surface area contributed by atoms with E-state index in [0.717, 1.165) is 19.0 Å². The minimum absolute atomic E-state index is 0.734. The molecule has 2 saturated heterocycles. The van der Waals surface area contributed by atoms with Gasteiger partial charge in [-0.1, -0.05) is 0 Å². The Balaban J connectivity index is 1.75. The van der Waals surface area contributed by atoms with E-state index >= 15 is 0 Å². The van der Waals surface area contributed by atoms with Crippen molar-refractivity contribution in [3.05, 3.63) is 23.9 Å². The standard InChI is InChI=1S/C15H23N3/c1-2-10-18(11-3-1)15-12-14(6-9-17-15)13-4-7-16-8-5-13/h6,9,12-13,16H,1-5,7-8,10-11H2. The highest BCUT2D eigenvalue weighted by Crippen LogP contribution is 2.27. The van der Waals surface area contributed by atoms with Crippen LogP contribution in [-0.2, 0) is 0 Å². The van der Waals surface area contributed by atoms with Gasteiger partial charge in [-0.05, 0) is 68.8 Å². The molecule has 0 saturated carbocycles. The third-order valence-corrected chi connectivity index (χ3v) is 4.26. The van der Waals surface area contributed by atoms with E-state index in [1.54, 1.807) is 0 Å². The fourth-order valence-corrected chi connectivity index (χ4v) is 3.14. The summed E-state index contributed by atoms with van der Waals surface area (Å²) in [6, 6.07) is 4.55. The Kier molecular flexibility index (Phi) is 3.79. The maximum atomic E-state index is 4.57. The molecule has 3 rings (SSSR count). The zero-order chi connectivity index (χ0) is 12.2. The summed E-state index contributed by atoms with van der Waals surface area (Å²) in [5, 5.41) is 3.44. The first-order valence-electron chi connectivity index (χ1n) is 7.35. The van der Waals surface area contributed by atoms with E-state index in [1.165, 1.54) is 56.6 Å². The first kappa shape index (κ1) is 12.0. The second kappa shape index (κ2) is 5.70. The highest BCUT2D eigenvalue weighted by atomic mass is 15.2. The fourth-order valence-electron chi connectivity index (χ4n) is 3.14. The van der Waals surface area contributed by atoms with Crippen molar-refractivity contribution in [1.29, 1.82) is 0 Å². The zero-order valence-corrected chi connectivity index (χ0v) is 11.1. The van der Waals surface area contributed by atoms with Crippen LogP contribution in [0.2, 0.25) is 0 Å². The SMILES string of the molecule is c1cc(C2CCNCC2)cc(N2CCCCC2)n1. The molecule has 0 radical (unpaired) electrons. The monoisotopic (exact) mass is 245 g/mol. The summed E-state index contributed by atoms with van der Waals surface area (Å²) in [6.07, 6.45) is 8.55. The minimum atomic E-state index is 0.734. The lowest BCUT2D eigenvalue weighted by atomic mass is 9.91. The smallest absolute Gasteiger partial charge is 0.128 e. The topological polar surface area (TPSA) is 28.2 Å². The van der Waals surface area contributed by atoms with E-state index in [2.05, 4.69) is 27.3 Å². The molecule has 0 aliphatic carbocycles. The summed E-state index contributed by atoms with van der Waals surface area (Å²) in [5.41, 5.74) is 1.49. The van der Waals surface area contributed by atoms with E-state index in [9.17, 15) is 0 Å². The molecular formula is C15H23N3. The Morgan fingerprint density at radius 1 is 1.11 bits per heavy atom. The molecular weight excluding hydrogens is 222 g/mol. The molecule has 0 bridgehead atoms. The van der Waals surface area contributed by atoms with E-state index < -0.39 is 0 Å². The third kappa shape index (κ3) is 2.66. The molecule has 2 fully saturated rings. The van der Waals surface area contributed by atoms with Gasteiger partial charge < -0.3 is 10.2 Å². The summed E-state index contributed by atoms with van der Waals surface area (Å²) in [6.45, 7) is 4.68. The van der Waals surface area contributed by atoms with Crippen LogP contribution in [0.4, 0.5) is 5.82 Å². The molecule has 0 unspecified atom stereocenters. The quantitative estimate of drug-likeness (QED) is 0.868. The van der Waals surface area contributed by atoms with Crippen molar-refractivity contribution >= 4 is 5.82 Å². The van der Waals surface area contributed by atoms with Crippen molar-refractivity contribution in [1.82, 2.24) is 10.3 Å².